The number of hydrogen-bond donors (Lipinski definition) is 0. The van der Waals surface area contributed by atoms with E-state index in [1.165, 1.54) is 0 Å². The highest BCUT2D eigenvalue weighted by atomic mass is 35.5. The maximum absolute atomic E-state index is 8.75. The molecule has 0 aliphatic carbocycles. The molecule has 70 valence electrons. The summed E-state index contributed by atoms with van der Waals surface area (Å²) in [6.45, 7) is 0. The molecule has 0 amide bonds. The SMILES string of the molecule is N#CC[C@H](C#N)Cc1ccc(Cl)cc1. The van der Waals surface area contributed by atoms with Gasteiger partial charge in [-0.3, -0.25) is 0 Å². The van der Waals surface area contributed by atoms with Crippen molar-refractivity contribution >= 4 is 11.6 Å². The van der Waals surface area contributed by atoms with E-state index >= 15 is 0 Å². The van der Waals surface area contributed by atoms with Gasteiger partial charge in [0, 0.05) is 5.02 Å². The average Bonchev–Trinajstić information content (AvgIpc) is 2.20. The highest BCUT2D eigenvalue weighted by Crippen LogP contribution is 2.14. The average molecular weight is 205 g/mol. The van der Waals surface area contributed by atoms with Gasteiger partial charge in [-0.15, -0.1) is 0 Å². The zero-order valence-electron chi connectivity index (χ0n) is 7.57. The minimum atomic E-state index is -0.221. The third-order valence-corrected chi connectivity index (χ3v) is 2.17. The Morgan fingerprint density at radius 3 is 2.36 bits per heavy atom. The second-order valence-corrected chi connectivity index (χ2v) is 3.46. The van der Waals surface area contributed by atoms with Crippen LogP contribution in [0.15, 0.2) is 24.3 Å². The molecule has 0 aliphatic heterocycles. The summed E-state index contributed by atoms with van der Waals surface area (Å²) in [5, 5.41) is 17.9. The van der Waals surface area contributed by atoms with E-state index in [1.807, 2.05) is 18.2 Å². The van der Waals surface area contributed by atoms with E-state index in [4.69, 9.17) is 22.1 Å². The normalized spacial score (nSPS) is 11.4. The minimum absolute atomic E-state index is 0.221. The maximum Gasteiger partial charge on any atom is 0.0670 e. The molecule has 0 radical (unpaired) electrons. The fourth-order valence-corrected chi connectivity index (χ4v) is 1.30. The summed E-state index contributed by atoms with van der Waals surface area (Å²) in [4.78, 5) is 0. The molecule has 1 aromatic rings. The summed E-state index contributed by atoms with van der Waals surface area (Å²) < 4.78 is 0. The van der Waals surface area contributed by atoms with Crippen LogP contribution in [0.1, 0.15) is 12.0 Å². The lowest BCUT2D eigenvalue weighted by atomic mass is 9.98. The van der Waals surface area contributed by atoms with Crippen molar-refractivity contribution in [3.8, 4) is 12.1 Å². The van der Waals surface area contributed by atoms with Crippen molar-refractivity contribution in [3.63, 3.8) is 0 Å². The predicted molar refractivity (Wildman–Crippen MR) is 54.5 cm³/mol. The molecule has 0 N–H and O–H groups in total. The molecule has 0 saturated heterocycles. The van der Waals surface area contributed by atoms with Crippen LogP contribution in [0.5, 0.6) is 0 Å². The summed E-state index contributed by atoms with van der Waals surface area (Å²) in [6.07, 6.45) is 0.889. The van der Waals surface area contributed by atoms with Crippen LogP contribution in [0.3, 0.4) is 0 Å². The molecule has 1 aromatic carbocycles. The minimum Gasteiger partial charge on any atom is -0.198 e. The Kier molecular flexibility index (Phi) is 3.98. The Morgan fingerprint density at radius 2 is 1.86 bits per heavy atom. The van der Waals surface area contributed by atoms with Crippen LogP contribution in [0.4, 0.5) is 0 Å². The third-order valence-electron chi connectivity index (χ3n) is 1.92. The second-order valence-electron chi connectivity index (χ2n) is 3.02. The predicted octanol–water partition coefficient (Wildman–Crippen LogP) is 2.94. The number of rotatable bonds is 3. The van der Waals surface area contributed by atoms with Crippen LogP contribution in [0.2, 0.25) is 5.02 Å². The fraction of sp³-hybridized carbons (Fsp3) is 0.273. The monoisotopic (exact) mass is 204 g/mol. The zero-order valence-corrected chi connectivity index (χ0v) is 8.33. The van der Waals surface area contributed by atoms with Crippen LogP contribution < -0.4 is 0 Å². The molecule has 0 unspecified atom stereocenters. The fourth-order valence-electron chi connectivity index (χ4n) is 1.18. The Bertz CT molecular complexity index is 370. The van der Waals surface area contributed by atoms with Crippen LogP contribution >= 0.6 is 11.6 Å². The van der Waals surface area contributed by atoms with Gasteiger partial charge in [0.2, 0.25) is 0 Å². The van der Waals surface area contributed by atoms with Gasteiger partial charge in [0.15, 0.2) is 0 Å². The van der Waals surface area contributed by atoms with Crippen molar-refractivity contribution in [1.29, 1.82) is 10.5 Å². The van der Waals surface area contributed by atoms with E-state index in [9.17, 15) is 0 Å². The van der Waals surface area contributed by atoms with Gasteiger partial charge in [-0.1, -0.05) is 23.7 Å². The summed E-state index contributed by atoms with van der Waals surface area (Å²) in [5.41, 5.74) is 1.04. The second kappa shape index (κ2) is 5.27. The topological polar surface area (TPSA) is 47.6 Å². The van der Waals surface area contributed by atoms with Crippen molar-refractivity contribution in [2.75, 3.05) is 0 Å². The van der Waals surface area contributed by atoms with Gasteiger partial charge < -0.3 is 0 Å². The largest absolute Gasteiger partial charge is 0.198 e. The van der Waals surface area contributed by atoms with Gasteiger partial charge in [0.05, 0.1) is 24.5 Å². The van der Waals surface area contributed by atoms with Gasteiger partial charge in [-0.2, -0.15) is 10.5 Å². The van der Waals surface area contributed by atoms with Crippen LogP contribution in [-0.4, -0.2) is 0 Å². The van der Waals surface area contributed by atoms with E-state index in [-0.39, 0.29) is 12.3 Å². The third kappa shape index (κ3) is 3.09. The first-order valence-electron chi connectivity index (χ1n) is 4.27. The van der Waals surface area contributed by atoms with E-state index < -0.39 is 0 Å². The molecular weight excluding hydrogens is 196 g/mol. The molecule has 0 fully saturated rings. The smallest absolute Gasteiger partial charge is 0.0670 e. The molecule has 0 aromatic heterocycles. The Balaban J connectivity index is 2.65. The van der Waals surface area contributed by atoms with Crippen molar-refractivity contribution in [3.05, 3.63) is 34.9 Å². The molecule has 0 bridgehead atoms. The number of benzene rings is 1. The van der Waals surface area contributed by atoms with E-state index in [1.54, 1.807) is 12.1 Å². The summed E-state index contributed by atoms with van der Waals surface area (Å²) in [5.74, 6) is -0.221. The number of nitriles is 2. The van der Waals surface area contributed by atoms with Crippen LogP contribution in [-0.2, 0) is 6.42 Å². The standard InChI is InChI=1S/C11H9ClN2/c12-11-3-1-9(2-4-11)7-10(8-14)5-6-13/h1-4,10H,5,7H2/t10-/m0/s1. The maximum atomic E-state index is 8.75. The molecule has 2 nitrogen and oxygen atoms in total. The lowest BCUT2D eigenvalue weighted by molar-refractivity contribution is 0.680. The Labute approximate surface area is 88.3 Å². The van der Waals surface area contributed by atoms with Crippen LogP contribution in [0.25, 0.3) is 0 Å². The molecule has 1 atom stereocenters. The van der Waals surface area contributed by atoms with Gasteiger partial charge in [0.25, 0.3) is 0 Å². The lowest BCUT2D eigenvalue weighted by Gasteiger charge is -2.04. The summed E-state index contributed by atoms with van der Waals surface area (Å²) >= 11 is 5.73. The first-order valence-corrected chi connectivity index (χ1v) is 4.65. The van der Waals surface area contributed by atoms with E-state index in [2.05, 4.69) is 6.07 Å². The van der Waals surface area contributed by atoms with Gasteiger partial charge in [0.1, 0.15) is 0 Å². The highest BCUT2D eigenvalue weighted by molar-refractivity contribution is 6.30. The lowest BCUT2D eigenvalue weighted by Crippen LogP contribution is -2.00. The molecule has 0 heterocycles. The zero-order chi connectivity index (χ0) is 10.4. The summed E-state index contributed by atoms with van der Waals surface area (Å²) in [7, 11) is 0. The highest BCUT2D eigenvalue weighted by Gasteiger charge is 2.07. The van der Waals surface area contributed by atoms with E-state index in [0.29, 0.717) is 11.4 Å². The van der Waals surface area contributed by atoms with Crippen molar-refractivity contribution < 1.29 is 0 Å². The van der Waals surface area contributed by atoms with Crippen molar-refractivity contribution in [2.45, 2.75) is 12.8 Å². The van der Waals surface area contributed by atoms with E-state index in [0.717, 1.165) is 5.56 Å². The Morgan fingerprint density at radius 1 is 1.21 bits per heavy atom. The van der Waals surface area contributed by atoms with Crippen molar-refractivity contribution in [1.82, 2.24) is 0 Å². The summed E-state index contributed by atoms with van der Waals surface area (Å²) in [6, 6.07) is 11.4. The first kappa shape index (κ1) is 10.6. The quantitative estimate of drug-likeness (QED) is 0.760. The van der Waals surface area contributed by atoms with Gasteiger partial charge in [-0.25, -0.2) is 0 Å². The van der Waals surface area contributed by atoms with Crippen LogP contribution in [0, 0.1) is 28.6 Å². The number of nitrogens with zero attached hydrogens (tertiary/aromatic N) is 2. The number of hydrogen-bond acceptors (Lipinski definition) is 2. The molecule has 14 heavy (non-hydrogen) atoms. The first-order chi connectivity index (χ1) is 6.76. The molecule has 1 rings (SSSR count). The van der Waals surface area contributed by atoms with Crippen molar-refractivity contribution in [2.24, 2.45) is 5.92 Å². The molecule has 3 heteroatoms. The van der Waals surface area contributed by atoms with Gasteiger partial charge in [-0.05, 0) is 24.1 Å². The molecule has 0 aliphatic rings. The molecular formula is C11H9ClN2. The Hall–Kier alpha value is -1.51. The molecule has 0 saturated carbocycles. The molecule has 0 spiro atoms. The number of halogens is 1. The van der Waals surface area contributed by atoms with Gasteiger partial charge >= 0.3 is 0 Å².